The minimum atomic E-state index is 0.553. The molecule has 0 amide bonds. The SMILES string of the molecule is CC[C@H](C)COc1ccc(N=C=O)cc1. The highest BCUT2D eigenvalue weighted by atomic mass is 16.5. The molecule has 0 aliphatic rings. The first-order valence-corrected chi connectivity index (χ1v) is 5.07. The predicted molar refractivity (Wildman–Crippen MR) is 59.2 cm³/mol. The van der Waals surface area contributed by atoms with E-state index in [1.54, 1.807) is 24.3 Å². The standard InChI is InChI=1S/C12H15NO2/c1-3-10(2)8-15-12-6-4-11(5-7-12)13-9-14/h4-7,10H,3,8H2,1-2H3/t10-/m0/s1. The van der Waals surface area contributed by atoms with Crippen molar-refractivity contribution >= 4 is 11.8 Å². The number of nitrogens with zero attached hydrogens (tertiary/aromatic N) is 1. The molecule has 0 N–H and O–H groups in total. The molecule has 1 atom stereocenters. The first-order chi connectivity index (χ1) is 7.26. The first-order valence-electron chi connectivity index (χ1n) is 5.07. The summed E-state index contributed by atoms with van der Waals surface area (Å²) in [5.41, 5.74) is 0.598. The van der Waals surface area contributed by atoms with Crippen LogP contribution in [0.1, 0.15) is 20.3 Å². The lowest BCUT2D eigenvalue weighted by Crippen LogP contribution is -2.06. The molecular formula is C12H15NO2. The molecule has 0 bridgehead atoms. The van der Waals surface area contributed by atoms with Crippen LogP contribution in [0.3, 0.4) is 0 Å². The Bertz CT molecular complexity index is 339. The largest absolute Gasteiger partial charge is 0.493 e. The van der Waals surface area contributed by atoms with Crippen LogP contribution in [0, 0.1) is 5.92 Å². The summed E-state index contributed by atoms with van der Waals surface area (Å²) in [6.07, 6.45) is 2.60. The van der Waals surface area contributed by atoms with Gasteiger partial charge < -0.3 is 4.74 Å². The highest BCUT2D eigenvalue weighted by Crippen LogP contribution is 2.18. The normalized spacial score (nSPS) is 11.6. The molecule has 0 aliphatic carbocycles. The van der Waals surface area contributed by atoms with Crippen molar-refractivity contribution in [1.29, 1.82) is 0 Å². The molecule has 3 nitrogen and oxygen atoms in total. The summed E-state index contributed by atoms with van der Waals surface area (Å²) in [4.78, 5) is 13.5. The summed E-state index contributed by atoms with van der Waals surface area (Å²) in [6, 6.07) is 7.07. The third kappa shape index (κ3) is 3.96. The average Bonchev–Trinajstić information content (AvgIpc) is 2.28. The van der Waals surface area contributed by atoms with Crippen molar-refractivity contribution in [2.75, 3.05) is 6.61 Å². The first kappa shape index (κ1) is 11.5. The fourth-order valence-electron chi connectivity index (χ4n) is 1.03. The molecular weight excluding hydrogens is 190 g/mol. The zero-order valence-electron chi connectivity index (χ0n) is 9.06. The van der Waals surface area contributed by atoms with Crippen LogP contribution in [0.4, 0.5) is 5.69 Å². The van der Waals surface area contributed by atoms with Gasteiger partial charge in [-0.2, -0.15) is 4.99 Å². The van der Waals surface area contributed by atoms with Gasteiger partial charge in [0.1, 0.15) is 5.75 Å². The third-order valence-electron chi connectivity index (χ3n) is 2.24. The molecule has 80 valence electrons. The summed E-state index contributed by atoms with van der Waals surface area (Å²) in [5.74, 6) is 1.36. The second-order valence-electron chi connectivity index (χ2n) is 3.52. The van der Waals surface area contributed by atoms with Gasteiger partial charge in [-0.3, -0.25) is 0 Å². The zero-order chi connectivity index (χ0) is 11.1. The summed E-state index contributed by atoms with van der Waals surface area (Å²) >= 11 is 0. The van der Waals surface area contributed by atoms with Gasteiger partial charge in [-0.25, -0.2) is 4.79 Å². The molecule has 0 unspecified atom stereocenters. The Kier molecular flexibility index (Phi) is 4.58. The van der Waals surface area contributed by atoms with Crippen LogP contribution < -0.4 is 4.74 Å². The molecule has 0 saturated heterocycles. The Hall–Kier alpha value is -1.60. The minimum absolute atomic E-state index is 0.553. The molecule has 0 heterocycles. The lowest BCUT2D eigenvalue weighted by Gasteiger charge is -2.10. The molecule has 0 aliphatic heterocycles. The molecule has 0 spiro atoms. The van der Waals surface area contributed by atoms with Crippen molar-refractivity contribution < 1.29 is 9.53 Å². The number of benzene rings is 1. The van der Waals surface area contributed by atoms with Gasteiger partial charge in [0, 0.05) is 0 Å². The van der Waals surface area contributed by atoms with Crippen molar-refractivity contribution in [3.63, 3.8) is 0 Å². The number of carbonyl (C=O) groups excluding carboxylic acids is 1. The Balaban J connectivity index is 2.53. The minimum Gasteiger partial charge on any atom is -0.493 e. The van der Waals surface area contributed by atoms with Gasteiger partial charge in [0.15, 0.2) is 0 Å². The molecule has 0 saturated carbocycles. The molecule has 15 heavy (non-hydrogen) atoms. The Morgan fingerprint density at radius 2 is 2.07 bits per heavy atom. The van der Waals surface area contributed by atoms with Crippen molar-refractivity contribution in [1.82, 2.24) is 0 Å². The van der Waals surface area contributed by atoms with E-state index in [2.05, 4.69) is 18.8 Å². The molecule has 1 rings (SSSR count). The van der Waals surface area contributed by atoms with Crippen LogP contribution in [0.15, 0.2) is 29.3 Å². The Morgan fingerprint density at radius 3 is 2.60 bits per heavy atom. The van der Waals surface area contributed by atoms with E-state index in [-0.39, 0.29) is 0 Å². The van der Waals surface area contributed by atoms with Gasteiger partial charge in [-0.1, -0.05) is 20.3 Å². The number of rotatable bonds is 5. The van der Waals surface area contributed by atoms with Crippen LogP contribution in [0.5, 0.6) is 5.75 Å². The maximum Gasteiger partial charge on any atom is 0.240 e. The van der Waals surface area contributed by atoms with E-state index in [9.17, 15) is 4.79 Å². The van der Waals surface area contributed by atoms with E-state index in [0.29, 0.717) is 18.2 Å². The van der Waals surface area contributed by atoms with Gasteiger partial charge in [0.25, 0.3) is 0 Å². The van der Waals surface area contributed by atoms with Crippen molar-refractivity contribution in [2.24, 2.45) is 10.9 Å². The van der Waals surface area contributed by atoms with E-state index in [4.69, 9.17) is 4.74 Å². The van der Waals surface area contributed by atoms with Gasteiger partial charge in [0.05, 0.1) is 12.3 Å². The van der Waals surface area contributed by atoms with Crippen LogP contribution in [-0.2, 0) is 4.79 Å². The molecule has 1 aromatic rings. The smallest absolute Gasteiger partial charge is 0.240 e. The Morgan fingerprint density at radius 1 is 1.40 bits per heavy atom. The molecule has 0 fully saturated rings. The van der Waals surface area contributed by atoms with E-state index in [0.717, 1.165) is 12.2 Å². The summed E-state index contributed by atoms with van der Waals surface area (Å²) in [6.45, 7) is 4.99. The van der Waals surface area contributed by atoms with Gasteiger partial charge in [0.2, 0.25) is 6.08 Å². The quantitative estimate of drug-likeness (QED) is 0.547. The van der Waals surface area contributed by atoms with Gasteiger partial charge in [-0.05, 0) is 30.2 Å². The van der Waals surface area contributed by atoms with Crippen molar-refractivity contribution in [3.8, 4) is 5.75 Å². The highest BCUT2D eigenvalue weighted by Gasteiger charge is 2.00. The second-order valence-corrected chi connectivity index (χ2v) is 3.52. The maximum absolute atomic E-state index is 9.99. The summed E-state index contributed by atoms with van der Waals surface area (Å²) < 4.78 is 5.55. The number of ether oxygens (including phenoxy) is 1. The Labute approximate surface area is 89.8 Å². The fourth-order valence-corrected chi connectivity index (χ4v) is 1.03. The number of aliphatic imine (C=N–C) groups is 1. The lowest BCUT2D eigenvalue weighted by atomic mass is 10.1. The number of hydrogen-bond acceptors (Lipinski definition) is 3. The van der Waals surface area contributed by atoms with Crippen LogP contribution in [0.2, 0.25) is 0 Å². The molecule has 1 aromatic carbocycles. The van der Waals surface area contributed by atoms with Crippen molar-refractivity contribution in [2.45, 2.75) is 20.3 Å². The summed E-state index contributed by atoms with van der Waals surface area (Å²) in [5, 5.41) is 0. The highest BCUT2D eigenvalue weighted by molar-refractivity contribution is 5.49. The zero-order valence-corrected chi connectivity index (χ0v) is 9.06. The number of hydrogen-bond donors (Lipinski definition) is 0. The monoisotopic (exact) mass is 205 g/mol. The van der Waals surface area contributed by atoms with Gasteiger partial charge in [-0.15, -0.1) is 0 Å². The lowest BCUT2D eigenvalue weighted by molar-refractivity contribution is 0.256. The van der Waals surface area contributed by atoms with E-state index in [1.165, 1.54) is 6.08 Å². The van der Waals surface area contributed by atoms with Crippen LogP contribution in [-0.4, -0.2) is 12.7 Å². The number of isocyanates is 1. The van der Waals surface area contributed by atoms with Crippen LogP contribution in [0.25, 0.3) is 0 Å². The third-order valence-corrected chi connectivity index (χ3v) is 2.24. The van der Waals surface area contributed by atoms with E-state index in [1.807, 2.05) is 0 Å². The van der Waals surface area contributed by atoms with Crippen LogP contribution >= 0.6 is 0 Å². The molecule has 3 heteroatoms. The maximum atomic E-state index is 9.99. The van der Waals surface area contributed by atoms with Gasteiger partial charge >= 0.3 is 0 Å². The molecule has 0 aromatic heterocycles. The fraction of sp³-hybridized carbons (Fsp3) is 0.417. The van der Waals surface area contributed by atoms with E-state index >= 15 is 0 Å². The average molecular weight is 205 g/mol. The van der Waals surface area contributed by atoms with E-state index < -0.39 is 0 Å². The second kappa shape index (κ2) is 5.99. The predicted octanol–water partition coefficient (Wildman–Crippen LogP) is 3.08. The topological polar surface area (TPSA) is 38.7 Å². The molecule has 0 radical (unpaired) electrons. The summed E-state index contributed by atoms with van der Waals surface area (Å²) in [7, 11) is 0. The van der Waals surface area contributed by atoms with Crippen molar-refractivity contribution in [3.05, 3.63) is 24.3 Å².